The van der Waals surface area contributed by atoms with Gasteiger partial charge in [-0.3, -0.25) is 9.59 Å². The van der Waals surface area contributed by atoms with Crippen molar-refractivity contribution in [3.63, 3.8) is 0 Å². The van der Waals surface area contributed by atoms with Gasteiger partial charge in [0.25, 0.3) is 0 Å². The average Bonchev–Trinajstić information content (AvgIpc) is 2.43. The molecule has 5 nitrogen and oxygen atoms in total. The highest BCUT2D eigenvalue weighted by Gasteiger charge is 2.16. The molecule has 6 heteroatoms. The zero-order valence-electron chi connectivity index (χ0n) is 10.6. The molecule has 1 aromatic rings. The number of halogens is 1. The van der Waals surface area contributed by atoms with E-state index in [9.17, 15) is 9.59 Å². The van der Waals surface area contributed by atoms with Crippen LogP contribution in [0.5, 0.6) is 0 Å². The third kappa shape index (κ3) is 5.28. The molecule has 1 atom stereocenters. The first-order valence-electron chi connectivity index (χ1n) is 6.00. The van der Waals surface area contributed by atoms with Crippen molar-refractivity contribution in [3.05, 3.63) is 34.9 Å². The van der Waals surface area contributed by atoms with Crippen LogP contribution in [0.1, 0.15) is 18.9 Å². The standard InChI is InChI=1S/C13H17ClN2O3/c1-2-11(8-17)16-13(19)12(18)15-7-9-3-5-10(14)6-4-9/h3-6,11,17H,2,7-8H2,1H3,(H,15,18)(H,16,19). The highest BCUT2D eigenvalue weighted by molar-refractivity contribution is 6.35. The molecular formula is C13H17ClN2O3. The second-order valence-corrected chi connectivity index (χ2v) is 4.51. The van der Waals surface area contributed by atoms with Gasteiger partial charge in [-0.05, 0) is 24.1 Å². The average molecular weight is 285 g/mol. The van der Waals surface area contributed by atoms with Crippen molar-refractivity contribution < 1.29 is 14.7 Å². The Morgan fingerprint density at radius 1 is 1.26 bits per heavy atom. The Hall–Kier alpha value is -1.59. The van der Waals surface area contributed by atoms with Gasteiger partial charge < -0.3 is 15.7 Å². The maximum atomic E-state index is 11.5. The minimum absolute atomic E-state index is 0.188. The molecule has 0 radical (unpaired) electrons. The van der Waals surface area contributed by atoms with E-state index in [0.29, 0.717) is 11.4 Å². The molecule has 0 fully saturated rings. The maximum Gasteiger partial charge on any atom is 0.309 e. The number of hydrogen-bond acceptors (Lipinski definition) is 3. The van der Waals surface area contributed by atoms with Crippen molar-refractivity contribution in [2.45, 2.75) is 25.9 Å². The van der Waals surface area contributed by atoms with Crippen LogP contribution in [0.2, 0.25) is 5.02 Å². The first kappa shape index (κ1) is 15.5. The van der Waals surface area contributed by atoms with Gasteiger partial charge in [0.05, 0.1) is 12.6 Å². The molecule has 0 saturated heterocycles. The summed E-state index contributed by atoms with van der Waals surface area (Å²) in [6.45, 7) is 1.87. The number of carbonyl (C=O) groups is 2. The summed E-state index contributed by atoms with van der Waals surface area (Å²) in [6.07, 6.45) is 0.562. The van der Waals surface area contributed by atoms with Crippen molar-refractivity contribution in [2.24, 2.45) is 0 Å². The predicted octanol–water partition coefficient (Wildman–Crippen LogP) is 0.843. The van der Waals surface area contributed by atoms with Crippen LogP contribution in [0, 0.1) is 0 Å². The summed E-state index contributed by atoms with van der Waals surface area (Å²) in [7, 11) is 0. The zero-order valence-corrected chi connectivity index (χ0v) is 11.4. The lowest BCUT2D eigenvalue weighted by Crippen LogP contribution is -2.45. The lowest BCUT2D eigenvalue weighted by Gasteiger charge is -2.13. The molecule has 0 aliphatic carbocycles. The van der Waals surface area contributed by atoms with Crippen molar-refractivity contribution >= 4 is 23.4 Å². The molecule has 1 aromatic carbocycles. The molecule has 0 aliphatic rings. The molecule has 0 aliphatic heterocycles. The number of rotatable bonds is 5. The summed E-state index contributed by atoms with van der Waals surface area (Å²) in [4.78, 5) is 23.0. The second kappa shape index (κ2) is 7.76. The SMILES string of the molecule is CCC(CO)NC(=O)C(=O)NCc1ccc(Cl)cc1. The number of amides is 2. The molecule has 2 amide bonds. The van der Waals surface area contributed by atoms with E-state index in [1.165, 1.54) is 0 Å². The summed E-state index contributed by atoms with van der Waals surface area (Å²) in [5, 5.41) is 14.5. The normalized spacial score (nSPS) is 11.7. The predicted molar refractivity (Wildman–Crippen MR) is 72.6 cm³/mol. The van der Waals surface area contributed by atoms with Crippen LogP contribution >= 0.6 is 11.6 Å². The number of nitrogens with one attached hydrogen (secondary N) is 2. The summed E-state index contributed by atoms with van der Waals surface area (Å²) in [6, 6.07) is 6.56. The summed E-state index contributed by atoms with van der Waals surface area (Å²) >= 11 is 5.74. The number of hydrogen-bond donors (Lipinski definition) is 3. The molecular weight excluding hydrogens is 268 g/mol. The van der Waals surface area contributed by atoms with Gasteiger partial charge in [0.15, 0.2) is 0 Å². The van der Waals surface area contributed by atoms with Crippen LogP contribution in [-0.2, 0) is 16.1 Å². The van der Waals surface area contributed by atoms with Crippen molar-refractivity contribution in [1.82, 2.24) is 10.6 Å². The third-order valence-electron chi connectivity index (χ3n) is 2.62. The smallest absolute Gasteiger partial charge is 0.309 e. The molecule has 0 bridgehead atoms. The topological polar surface area (TPSA) is 78.4 Å². The lowest BCUT2D eigenvalue weighted by atomic mass is 10.2. The molecule has 1 unspecified atom stereocenters. The van der Waals surface area contributed by atoms with Gasteiger partial charge in [0, 0.05) is 11.6 Å². The molecule has 0 saturated carbocycles. The minimum Gasteiger partial charge on any atom is -0.394 e. The monoisotopic (exact) mass is 284 g/mol. The van der Waals surface area contributed by atoms with E-state index in [1.54, 1.807) is 24.3 Å². The fraction of sp³-hybridized carbons (Fsp3) is 0.385. The van der Waals surface area contributed by atoms with Crippen LogP contribution in [0.3, 0.4) is 0 Å². The zero-order chi connectivity index (χ0) is 14.3. The van der Waals surface area contributed by atoms with Gasteiger partial charge in [0.1, 0.15) is 0 Å². The van der Waals surface area contributed by atoms with Crippen molar-refractivity contribution in [2.75, 3.05) is 6.61 Å². The highest BCUT2D eigenvalue weighted by Crippen LogP contribution is 2.08. The highest BCUT2D eigenvalue weighted by atomic mass is 35.5. The molecule has 3 N–H and O–H groups in total. The van der Waals surface area contributed by atoms with E-state index in [1.807, 2.05) is 6.92 Å². The Kier molecular flexibility index (Phi) is 6.32. The van der Waals surface area contributed by atoms with E-state index in [-0.39, 0.29) is 13.2 Å². The Labute approximate surface area is 117 Å². The van der Waals surface area contributed by atoms with Crippen molar-refractivity contribution in [3.8, 4) is 0 Å². The minimum atomic E-state index is -0.741. The van der Waals surface area contributed by atoms with Crippen LogP contribution < -0.4 is 10.6 Å². The first-order valence-corrected chi connectivity index (χ1v) is 6.38. The number of benzene rings is 1. The molecule has 1 rings (SSSR count). The van der Waals surface area contributed by atoms with Crippen LogP contribution in [0.15, 0.2) is 24.3 Å². The lowest BCUT2D eigenvalue weighted by molar-refractivity contribution is -0.139. The largest absolute Gasteiger partial charge is 0.394 e. The number of aliphatic hydroxyl groups excluding tert-OH is 1. The third-order valence-corrected chi connectivity index (χ3v) is 2.87. The molecule has 0 aromatic heterocycles. The fourth-order valence-corrected chi connectivity index (χ4v) is 1.52. The van der Waals surface area contributed by atoms with Crippen molar-refractivity contribution in [1.29, 1.82) is 0 Å². The first-order chi connectivity index (χ1) is 9.06. The summed E-state index contributed by atoms with van der Waals surface area (Å²) < 4.78 is 0. The van der Waals surface area contributed by atoms with Gasteiger partial charge >= 0.3 is 11.8 Å². The number of carbonyl (C=O) groups excluding carboxylic acids is 2. The van der Waals surface area contributed by atoms with Crippen LogP contribution in [-0.4, -0.2) is 29.6 Å². The van der Waals surface area contributed by atoms with E-state index in [2.05, 4.69) is 10.6 Å². The molecule has 0 heterocycles. The molecule has 0 spiro atoms. The molecule has 19 heavy (non-hydrogen) atoms. The Balaban J connectivity index is 2.42. The van der Waals surface area contributed by atoms with E-state index in [4.69, 9.17) is 16.7 Å². The van der Waals surface area contributed by atoms with E-state index < -0.39 is 17.9 Å². The van der Waals surface area contributed by atoms with E-state index >= 15 is 0 Å². The van der Waals surface area contributed by atoms with Gasteiger partial charge in [-0.2, -0.15) is 0 Å². The maximum absolute atomic E-state index is 11.5. The van der Waals surface area contributed by atoms with Gasteiger partial charge in [0.2, 0.25) is 0 Å². The van der Waals surface area contributed by atoms with Crippen LogP contribution in [0.25, 0.3) is 0 Å². The van der Waals surface area contributed by atoms with Gasteiger partial charge in [-0.1, -0.05) is 30.7 Å². The quantitative estimate of drug-likeness (QED) is 0.701. The second-order valence-electron chi connectivity index (χ2n) is 4.07. The Morgan fingerprint density at radius 2 is 1.89 bits per heavy atom. The summed E-state index contributed by atoms with van der Waals surface area (Å²) in [5.41, 5.74) is 0.847. The summed E-state index contributed by atoms with van der Waals surface area (Å²) in [5.74, 6) is -1.46. The van der Waals surface area contributed by atoms with Gasteiger partial charge in [-0.15, -0.1) is 0 Å². The Bertz CT molecular complexity index is 430. The van der Waals surface area contributed by atoms with E-state index in [0.717, 1.165) is 5.56 Å². The fourth-order valence-electron chi connectivity index (χ4n) is 1.39. The number of aliphatic hydroxyl groups is 1. The van der Waals surface area contributed by atoms with Gasteiger partial charge in [-0.25, -0.2) is 0 Å². The molecule has 104 valence electrons. The van der Waals surface area contributed by atoms with Crippen LogP contribution in [0.4, 0.5) is 0 Å². The Morgan fingerprint density at radius 3 is 2.42 bits per heavy atom.